The molecule has 10 heteroatoms. The van der Waals surface area contributed by atoms with Crippen molar-refractivity contribution in [2.75, 3.05) is 26.3 Å². The van der Waals surface area contributed by atoms with Crippen LogP contribution in [0.4, 0.5) is 0 Å². The molecule has 3 heterocycles. The van der Waals surface area contributed by atoms with Crippen LogP contribution in [0.1, 0.15) is 39.9 Å². The lowest BCUT2D eigenvalue weighted by Crippen LogP contribution is -2.52. The van der Waals surface area contributed by atoms with Gasteiger partial charge in [0.05, 0.1) is 23.9 Å². The van der Waals surface area contributed by atoms with Crippen molar-refractivity contribution in [2.24, 2.45) is 0 Å². The van der Waals surface area contributed by atoms with E-state index in [2.05, 4.69) is 10.2 Å². The molecule has 3 amide bonds. The number of piperidine rings is 1. The molecule has 3 aliphatic heterocycles. The highest BCUT2D eigenvalue weighted by molar-refractivity contribution is 7.90. The van der Waals surface area contributed by atoms with E-state index in [1.54, 1.807) is 12.1 Å². The number of ether oxygens (including phenoxy) is 1. The summed E-state index contributed by atoms with van der Waals surface area (Å²) in [6.07, 6.45) is 0.368. The Hall–Kier alpha value is -3.08. The van der Waals surface area contributed by atoms with Crippen LogP contribution in [0.2, 0.25) is 0 Å². The number of nitrogens with zero attached hydrogens (tertiary/aromatic N) is 2. The minimum atomic E-state index is -3.74. The molecule has 0 spiro atoms. The topological polar surface area (TPSA) is 113 Å². The van der Waals surface area contributed by atoms with Gasteiger partial charge in [0, 0.05) is 43.7 Å². The third-order valence-electron chi connectivity index (χ3n) is 6.76. The van der Waals surface area contributed by atoms with E-state index in [1.165, 1.54) is 11.0 Å². The summed E-state index contributed by atoms with van der Waals surface area (Å²) >= 11 is 0. The maximum Gasteiger partial charge on any atom is 0.255 e. The van der Waals surface area contributed by atoms with Crippen molar-refractivity contribution in [1.82, 2.24) is 15.1 Å². The maximum absolute atomic E-state index is 13.4. The van der Waals surface area contributed by atoms with Gasteiger partial charge in [-0.2, -0.15) is 0 Å². The van der Waals surface area contributed by atoms with Crippen LogP contribution >= 0.6 is 0 Å². The molecule has 0 aromatic heterocycles. The molecule has 0 bridgehead atoms. The fourth-order valence-corrected chi connectivity index (χ4v) is 6.53. The number of carbonyl (C=O) groups is 3. The second-order valence-corrected chi connectivity index (χ2v) is 11.1. The van der Waals surface area contributed by atoms with Crippen LogP contribution in [0.25, 0.3) is 0 Å². The molecule has 1 unspecified atom stereocenters. The Bertz CT molecular complexity index is 1270. The van der Waals surface area contributed by atoms with E-state index in [-0.39, 0.29) is 47.4 Å². The highest BCUT2D eigenvalue weighted by Crippen LogP contribution is 2.33. The molecule has 2 aromatic rings. The summed E-state index contributed by atoms with van der Waals surface area (Å²) in [5.41, 5.74) is 2.47. The van der Waals surface area contributed by atoms with Crippen molar-refractivity contribution in [3.05, 3.63) is 64.7 Å². The Kier molecular flexibility index (Phi) is 6.43. The van der Waals surface area contributed by atoms with Gasteiger partial charge in [0.2, 0.25) is 11.8 Å². The normalized spacial score (nSPS) is 21.2. The SMILES string of the molecule is O=C1CCC(N2Cc3c(cccc3S(=O)(=O)Cc3ccc(CN4CCOCC4)cc3)C2=O)C(=O)N1. The average Bonchev–Trinajstić information content (AvgIpc) is 3.17. The third-order valence-corrected chi connectivity index (χ3v) is 8.53. The van der Waals surface area contributed by atoms with E-state index < -0.39 is 21.8 Å². The Morgan fingerprint density at radius 2 is 1.69 bits per heavy atom. The van der Waals surface area contributed by atoms with Gasteiger partial charge in [0.15, 0.2) is 9.84 Å². The molecule has 35 heavy (non-hydrogen) atoms. The van der Waals surface area contributed by atoms with E-state index in [4.69, 9.17) is 4.74 Å². The van der Waals surface area contributed by atoms with Crippen LogP contribution in [-0.4, -0.2) is 68.3 Å². The maximum atomic E-state index is 13.4. The highest BCUT2D eigenvalue weighted by Gasteiger charge is 2.41. The molecule has 3 aliphatic rings. The number of hydrogen-bond donors (Lipinski definition) is 1. The van der Waals surface area contributed by atoms with Gasteiger partial charge in [-0.1, -0.05) is 30.3 Å². The number of nitrogens with one attached hydrogen (secondary N) is 1. The number of carbonyl (C=O) groups excluding carboxylic acids is 3. The van der Waals surface area contributed by atoms with Gasteiger partial charge in [-0.25, -0.2) is 8.42 Å². The second kappa shape index (κ2) is 9.52. The summed E-state index contributed by atoms with van der Waals surface area (Å²) in [5, 5.41) is 2.26. The summed E-state index contributed by atoms with van der Waals surface area (Å²) in [7, 11) is -3.74. The van der Waals surface area contributed by atoms with Gasteiger partial charge in [0.1, 0.15) is 6.04 Å². The van der Waals surface area contributed by atoms with Gasteiger partial charge >= 0.3 is 0 Å². The number of imide groups is 1. The summed E-state index contributed by atoms with van der Waals surface area (Å²) in [5.74, 6) is -1.47. The predicted octanol–water partition coefficient (Wildman–Crippen LogP) is 1.25. The van der Waals surface area contributed by atoms with Crippen LogP contribution in [-0.2, 0) is 43.0 Å². The molecular weight excluding hydrogens is 470 g/mol. The first-order valence-electron chi connectivity index (χ1n) is 11.7. The van der Waals surface area contributed by atoms with Crippen molar-refractivity contribution in [3.8, 4) is 0 Å². The van der Waals surface area contributed by atoms with Gasteiger partial charge < -0.3 is 9.64 Å². The molecule has 0 radical (unpaired) electrons. The fraction of sp³-hybridized carbons (Fsp3) is 0.400. The Morgan fingerprint density at radius 1 is 0.971 bits per heavy atom. The lowest BCUT2D eigenvalue weighted by atomic mass is 10.0. The quantitative estimate of drug-likeness (QED) is 0.598. The van der Waals surface area contributed by atoms with Gasteiger partial charge in [-0.15, -0.1) is 0 Å². The second-order valence-electron chi connectivity index (χ2n) is 9.15. The van der Waals surface area contributed by atoms with Crippen LogP contribution < -0.4 is 5.32 Å². The molecular formula is C25H27N3O6S. The molecule has 0 aliphatic carbocycles. The van der Waals surface area contributed by atoms with Crippen LogP contribution in [0, 0.1) is 0 Å². The number of sulfone groups is 1. The number of rotatable bonds is 6. The lowest BCUT2D eigenvalue weighted by molar-refractivity contribution is -0.136. The molecule has 1 atom stereocenters. The molecule has 0 saturated carbocycles. The van der Waals surface area contributed by atoms with Crippen LogP contribution in [0.15, 0.2) is 47.4 Å². The van der Waals surface area contributed by atoms with E-state index >= 15 is 0 Å². The molecule has 5 rings (SSSR count). The van der Waals surface area contributed by atoms with Crippen molar-refractivity contribution in [1.29, 1.82) is 0 Å². The zero-order valence-corrected chi connectivity index (χ0v) is 20.1. The largest absolute Gasteiger partial charge is 0.379 e. The number of fused-ring (bicyclic) bond motifs is 1. The van der Waals surface area contributed by atoms with Crippen LogP contribution in [0.5, 0.6) is 0 Å². The molecule has 184 valence electrons. The highest BCUT2D eigenvalue weighted by atomic mass is 32.2. The fourth-order valence-electron chi connectivity index (χ4n) is 4.90. The zero-order valence-electron chi connectivity index (χ0n) is 19.2. The standard InChI is InChI=1S/C25H27N3O6S/c29-23-9-8-21(24(30)26-23)28-15-20-19(25(28)31)2-1-3-22(20)35(32,33)16-18-6-4-17(5-7-18)14-27-10-12-34-13-11-27/h1-7,21H,8-16H2,(H,26,29,30). The predicted molar refractivity (Wildman–Crippen MR) is 126 cm³/mol. The summed E-state index contributed by atoms with van der Waals surface area (Å²) in [6, 6.07) is 11.4. The minimum absolute atomic E-state index is 0.0222. The first kappa shape index (κ1) is 23.7. The summed E-state index contributed by atoms with van der Waals surface area (Å²) < 4.78 is 32.1. The number of hydrogen-bond acceptors (Lipinski definition) is 7. The average molecular weight is 498 g/mol. The smallest absolute Gasteiger partial charge is 0.255 e. The van der Waals surface area contributed by atoms with Crippen molar-refractivity contribution in [2.45, 2.75) is 42.6 Å². The zero-order chi connectivity index (χ0) is 24.6. The Labute approximate surface area is 204 Å². The van der Waals surface area contributed by atoms with Crippen LogP contribution in [0.3, 0.4) is 0 Å². The molecule has 2 aromatic carbocycles. The van der Waals surface area contributed by atoms with Crippen molar-refractivity contribution < 1.29 is 27.5 Å². The summed E-state index contributed by atoms with van der Waals surface area (Å²) in [4.78, 5) is 40.6. The molecule has 9 nitrogen and oxygen atoms in total. The molecule has 2 saturated heterocycles. The van der Waals surface area contributed by atoms with Gasteiger partial charge in [-0.3, -0.25) is 24.6 Å². The third kappa shape index (κ3) is 4.86. The number of morpholine rings is 1. The monoisotopic (exact) mass is 497 g/mol. The Morgan fingerprint density at radius 3 is 2.40 bits per heavy atom. The van der Waals surface area contributed by atoms with Crippen molar-refractivity contribution >= 4 is 27.6 Å². The Balaban J connectivity index is 1.33. The van der Waals surface area contributed by atoms with E-state index in [0.29, 0.717) is 11.1 Å². The molecule has 2 fully saturated rings. The van der Waals surface area contributed by atoms with E-state index in [9.17, 15) is 22.8 Å². The first-order chi connectivity index (χ1) is 16.8. The van der Waals surface area contributed by atoms with Gasteiger partial charge in [0.25, 0.3) is 5.91 Å². The van der Waals surface area contributed by atoms with Gasteiger partial charge in [-0.05, 0) is 29.7 Å². The summed E-state index contributed by atoms with van der Waals surface area (Å²) in [6.45, 7) is 4.02. The van der Waals surface area contributed by atoms with E-state index in [1.807, 2.05) is 24.3 Å². The number of amides is 3. The first-order valence-corrected chi connectivity index (χ1v) is 13.3. The number of benzene rings is 2. The lowest BCUT2D eigenvalue weighted by Gasteiger charge is -2.29. The minimum Gasteiger partial charge on any atom is -0.379 e. The molecule has 1 N–H and O–H groups in total. The van der Waals surface area contributed by atoms with E-state index in [0.717, 1.165) is 38.4 Å². The van der Waals surface area contributed by atoms with Crippen molar-refractivity contribution in [3.63, 3.8) is 0 Å².